The van der Waals surface area contributed by atoms with Gasteiger partial charge in [-0.05, 0) is 43.0 Å². The van der Waals surface area contributed by atoms with Crippen LogP contribution in [0.15, 0.2) is 18.2 Å². The minimum atomic E-state index is -0.879. The van der Waals surface area contributed by atoms with Gasteiger partial charge in [0.1, 0.15) is 11.6 Å². The molecule has 0 amide bonds. The molecule has 2 aliphatic carbocycles. The first-order valence-corrected chi connectivity index (χ1v) is 7.24. The standard InChI is InChI=1S/C16H16F2O4/c1-21-16(20)14(8-2-3-8)22-15(19)12-7-10(12)11-6-9(17)4-5-13(11)18/h4-6,8,10,12,14H,2-3,7H2,1H3/t10-,12+,14-/m1/s1. The molecule has 0 saturated heterocycles. The van der Waals surface area contributed by atoms with Gasteiger partial charge in [0.15, 0.2) is 0 Å². The van der Waals surface area contributed by atoms with E-state index in [1.165, 1.54) is 7.11 Å². The molecular weight excluding hydrogens is 294 g/mol. The third-order valence-corrected chi connectivity index (χ3v) is 4.18. The van der Waals surface area contributed by atoms with E-state index in [1.54, 1.807) is 0 Å². The van der Waals surface area contributed by atoms with Crippen LogP contribution >= 0.6 is 0 Å². The Morgan fingerprint density at radius 3 is 2.64 bits per heavy atom. The van der Waals surface area contributed by atoms with Gasteiger partial charge in [-0.25, -0.2) is 13.6 Å². The van der Waals surface area contributed by atoms with Crippen LogP contribution in [0.1, 0.15) is 30.7 Å². The molecule has 0 heterocycles. The number of ether oxygens (including phenoxy) is 2. The van der Waals surface area contributed by atoms with Gasteiger partial charge in [0.25, 0.3) is 0 Å². The molecule has 0 aliphatic heterocycles. The summed E-state index contributed by atoms with van der Waals surface area (Å²) in [6.45, 7) is 0. The van der Waals surface area contributed by atoms with Crippen molar-refractivity contribution in [2.75, 3.05) is 7.11 Å². The predicted molar refractivity (Wildman–Crippen MR) is 71.8 cm³/mol. The summed E-state index contributed by atoms with van der Waals surface area (Å²) in [7, 11) is 1.24. The molecule has 2 saturated carbocycles. The van der Waals surface area contributed by atoms with Crippen LogP contribution in [0, 0.1) is 23.5 Å². The maximum atomic E-state index is 13.7. The lowest BCUT2D eigenvalue weighted by Crippen LogP contribution is -2.31. The van der Waals surface area contributed by atoms with Crippen LogP contribution in [-0.2, 0) is 19.1 Å². The molecule has 3 rings (SSSR count). The average Bonchev–Trinajstić information content (AvgIpc) is 3.38. The van der Waals surface area contributed by atoms with Crippen LogP contribution in [-0.4, -0.2) is 25.2 Å². The maximum Gasteiger partial charge on any atom is 0.347 e. The normalized spacial score (nSPS) is 24.5. The monoisotopic (exact) mass is 310 g/mol. The van der Waals surface area contributed by atoms with E-state index in [2.05, 4.69) is 4.74 Å². The molecule has 4 nitrogen and oxygen atoms in total. The van der Waals surface area contributed by atoms with Crippen molar-refractivity contribution >= 4 is 11.9 Å². The molecule has 0 aromatic heterocycles. The summed E-state index contributed by atoms with van der Waals surface area (Å²) in [5.41, 5.74) is 0.183. The second-order valence-corrected chi connectivity index (χ2v) is 5.83. The Balaban J connectivity index is 1.65. The third kappa shape index (κ3) is 2.96. The summed E-state index contributed by atoms with van der Waals surface area (Å²) >= 11 is 0. The molecule has 118 valence electrons. The first-order valence-electron chi connectivity index (χ1n) is 7.24. The Morgan fingerprint density at radius 1 is 1.27 bits per heavy atom. The van der Waals surface area contributed by atoms with Crippen molar-refractivity contribution in [2.45, 2.75) is 31.3 Å². The fourth-order valence-corrected chi connectivity index (χ4v) is 2.66. The van der Waals surface area contributed by atoms with Crippen LogP contribution in [0.25, 0.3) is 0 Å². The lowest BCUT2D eigenvalue weighted by molar-refractivity contribution is -0.168. The number of hydrogen-bond acceptors (Lipinski definition) is 4. The second kappa shape index (κ2) is 5.66. The Morgan fingerprint density at radius 2 is 2.00 bits per heavy atom. The molecule has 2 fully saturated rings. The Bertz CT molecular complexity index is 612. The topological polar surface area (TPSA) is 52.6 Å². The first kappa shape index (κ1) is 14.9. The number of carbonyl (C=O) groups is 2. The maximum absolute atomic E-state index is 13.7. The highest BCUT2D eigenvalue weighted by Gasteiger charge is 2.49. The van der Waals surface area contributed by atoms with Crippen LogP contribution < -0.4 is 0 Å². The van der Waals surface area contributed by atoms with E-state index in [4.69, 9.17) is 4.74 Å². The van der Waals surface area contributed by atoms with Crippen molar-refractivity contribution < 1.29 is 27.8 Å². The van der Waals surface area contributed by atoms with Crippen molar-refractivity contribution in [3.05, 3.63) is 35.4 Å². The molecule has 0 radical (unpaired) electrons. The van der Waals surface area contributed by atoms with E-state index >= 15 is 0 Å². The molecule has 3 atom stereocenters. The van der Waals surface area contributed by atoms with Gasteiger partial charge in [-0.15, -0.1) is 0 Å². The summed E-state index contributed by atoms with van der Waals surface area (Å²) < 4.78 is 36.8. The zero-order valence-corrected chi connectivity index (χ0v) is 12.1. The van der Waals surface area contributed by atoms with Crippen LogP contribution in [0.2, 0.25) is 0 Å². The van der Waals surface area contributed by atoms with E-state index in [9.17, 15) is 18.4 Å². The van der Waals surface area contributed by atoms with Gasteiger partial charge in [-0.3, -0.25) is 4.79 Å². The van der Waals surface area contributed by atoms with Crippen molar-refractivity contribution in [3.8, 4) is 0 Å². The number of rotatable bonds is 5. The number of halogens is 2. The highest BCUT2D eigenvalue weighted by atomic mass is 19.1. The molecule has 0 unspecified atom stereocenters. The first-order chi connectivity index (χ1) is 10.5. The van der Waals surface area contributed by atoms with E-state index in [-0.39, 0.29) is 17.4 Å². The Kier molecular flexibility index (Phi) is 3.85. The Hall–Kier alpha value is -1.98. The smallest absolute Gasteiger partial charge is 0.347 e. The van der Waals surface area contributed by atoms with Crippen molar-refractivity contribution in [1.82, 2.24) is 0 Å². The molecule has 0 bridgehead atoms. The molecule has 0 spiro atoms. The summed E-state index contributed by atoms with van der Waals surface area (Å²) in [5, 5.41) is 0. The van der Waals surface area contributed by atoms with Crippen molar-refractivity contribution in [1.29, 1.82) is 0 Å². The molecule has 1 aromatic carbocycles. The Labute approximate surface area is 126 Å². The van der Waals surface area contributed by atoms with Gasteiger partial charge in [-0.1, -0.05) is 0 Å². The molecule has 2 aliphatic rings. The number of hydrogen-bond donors (Lipinski definition) is 0. The minimum Gasteiger partial charge on any atom is -0.466 e. The van der Waals surface area contributed by atoms with Crippen molar-refractivity contribution in [2.24, 2.45) is 11.8 Å². The van der Waals surface area contributed by atoms with E-state index < -0.39 is 35.6 Å². The third-order valence-electron chi connectivity index (χ3n) is 4.18. The predicted octanol–water partition coefficient (Wildman–Crippen LogP) is 2.56. The summed E-state index contributed by atoms with van der Waals surface area (Å²) in [6, 6.07) is 3.19. The van der Waals surface area contributed by atoms with Gasteiger partial charge < -0.3 is 9.47 Å². The molecular formula is C16H16F2O4. The largest absolute Gasteiger partial charge is 0.466 e. The quantitative estimate of drug-likeness (QED) is 0.784. The van der Waals surface area contributed by atoms with E-state index in [0.29, 0.717) is 6.42 Å². The van der Waals surface area contributed by atoms with Gasteiger partial charge in [0.2, 0.25) is 6.10 Å². The lowest BCUT2D eigenvalue weighted by Gasteiger charge is -2.15. The van der Waals surface area contributed by atoms with Gasteiger partial charge >= 0.3 is 11.9 Å². The second-order valence-electron chi connectivity index (χ2n) is 5.83. The molecule has 0 N–H and O–H groups in total. The highest BCUT2D eigenvalue weighted by Crippen LogP contribution is 2.49. The SMILES string of the molecule is COC(=O)[C@H](OC(=O)[C@H]1C[C@@H]1c1cc(F)ccc1F)C1CC1. The number of methoxy groups -OCH3 is 1. The summed E-state index contributed by atoms with van der Waals surface area (Å²) in [6.07, 6.45) is 1.16. The van der Waals surface area contributed by atoms with Gasteiger partial charge in [-0.2, -0.15) is 0 Å². The molecule has 1 aromatic rings. The number of benzene rings is 1. The zero-order valence-electron chi connectivity index (χ0n) is 12.1. The zero-order chi connectivity index (χ0) is 15.9. The fraction of sp³-hybridized carbons (Fsp3) is 0.500. The van der Waals surface area contributed by atoms with Crippen molar-refractivity contribution in [3.63, 3.8) is 0 Å². The van der Waals surface area contributed by atoms with Crippen LogP contribution in [0.5, 0.6) is 0 Å². The van der Waals surface area contributed by atoms with Gasteiger partial charge in [0, 0.05) is 11.8 Å². The number of esters is 2. The van der Waals surface area contributed by atoms with E-state index in [0.717, 1.165) is 31.0 Å². The summed E-state index contributed by atoms with van der Waals surface area (Å²) in [5.74, 6) is -3.09. The highest BCUT2D eigenvalue weighted by molar-refractivity contribution is 5.83. The molecule has 22 heavy (non-hydrogen) atoms. The lowest BCUT2D eigenvalue weighted by atomic mass is 10.1. The van der Waals surface area contributed by atoms with Crippen LogP contribution in [0.4, 0.5) is 8.78 Å². The van der Waals surface area contributed by atoms with Gasteiger partial charge in [0.05, 0.1) is 13.0 Å². The molecule has 6 heteroatoms. The fourth-order valence-electron chi connectivity index (χ4n) is 2.66. The minimum absolute atomic E-state index is 0.0134. The average molecular weight is 310 g/mol. The van der Waals surface area contributed by atoms with E-state index in [1.807, 2.05) is 0 Å². The summed E-state index contributed by atoms with van der Waals surface area (Å²) in [4.78, 5) is 23.7. The number of carbonyl (C=O) groups excluding carboxylic acids is 2. The van der Waals surface area contributed by atoms with Crippen LogP contribution in [0.3, 0.4) is 0 Å².